The molecule has 0 spiro atoms. The van der Waals surface area contributed by atoms with Gasteiger partial charge < -0.3 is 4.57 Å². The first kappa shape index (κ1) is 17.0. The van der Waals surface area contributed by atoms with Crippen LogP contribution in [-0.4, -0.2) is 16.0 Å². The minimum Gasteiger partial charge on any atom is -0.348 e. The van der Waals surface area contributed by atoms with Gasteiger partial charge in [-0.05, 0) is 34.4 Å². The maximum atomic E-state index is 2.60. The molecule has 2 heteroatoms. The first-order valence-corrected chi connectivity index (χ1v) is 9.97. The van der Waals surface area contributed by atoms with Gasteiger partial charge in [0, 0.05) is 31.5 Å². The summed E-state index contributed by atoms with van der Waals surface area (Å²) in [6, 6.07) is 35.2. The minimum atomic E-state index is 0.286. The topological polar surface area (TPSA) is 8.17 Å². The van der Waals surface area contributed by atoms with E-state index in [0.29, 0.717) is 0 Å². The van der Waals surface area contributed by atoms with Crippen LogP contribution in [0, 0.1) is 0 Å². The van der Waals surface area contributed by atoms with E-state index in [0.717, 1.165) is 19.6 Å². The van der Waals surface area contributed by atoms with Gasteiger partial charge in [-0.2, -0.15) is 0 Å². The molecule has 4 aromatic rings. The second-order valence-corrected chi connectivity index (χ2v) is 7.47. The van der Waals surface area contributed by atoms with E-state index < -0.39 is 0 Å². The smallest absolute Gasteiger partial charge is 0.0759 e. The van der Waals surface area contributed by atoms with Crippen molar-refractivity contribution in [3.8, 4) is 11.1 Å². The number of hydrogen-bond acceptors (Lipinski definition) is 1. The van der Waals surface area contributed by atoms with Gasteiger partial charge in [-0.1, -0.05) is 84.9 Å². The fourth-order valence-electron chi connectivity index (χ4n) is 4.29. The zero-order valence-electron chi connectivity index (χ0n) is 15.9. The molecular weight excluding hydrogens is 340 g/mol. The fourth-order valence-corrected chi connectivity index (χ4v) is 4.29. The molecule has 0 unspecified atom stereocenters. The summed E-state index contributed by atoms with van der Waals surface area (Å²) in [5, 5.41) is 0. The van der Waals surface area contributed by atoms with Gasteiger partial charge in [0.05, 0.1) is 6.04 Å². The van der Waals surface area contributed by atoms with Gasteiger partial charge in [0.25, 0.3) is 0 Å². The molecule has 1 aromatic heterocycles. The van der Waals surface area contributed by atoms with Gasteiger partial charge >= 0.3 is 0 Å². The maximum absolute atomic E-state index is 2.60. The van der Waals surface area contributed by atoms with Crippen molar-refractivity contribution in [3.63, 3.8) is 0 Å². The van der Waals surface area contributed by atoms with E-state index in [2.05, 4.69) is 113 Å². The minimum absolute atomic E-state index is 0.286. The molecule has 138 valence electrons. The molecule has 0 saturated heterocycles. The van der Waals surface area contributed by atoms with Crippen LogP contribution in [0.1, 0.15) is 22.9 Å². The molecule has 2 nitrogen and oxygen atoms in total. The van der Waals surface area contributed by atoms with E-state index in [9.17, 15) is 0 Å². The number of rotatable bonds is 4. The Hall–Kier alpha value is -3.10. The summed E-state index contributed by atoms with van der Waals surface area (Å²) in [6.07, 6.45) is 2.21. The van der Waals surface area contributed by atoms with E-state index in [-0.39, 0.29) is 6.04 Å². The van der Waals surface area contributed by atoms with E-state index in [1.807, 2.05) is 0 Å². The summed E-state index contributed by atoms with van der Waals surface area (Å²) >= 11 is 0. The highest BCUT2D eigenvalue weighted by Gasteiger charge is 2.28. The van der Waals surface area contributed by atoms with Gasteiger partial charge in [-0.25, -0.2) is 0 Å². The average Bonchev–Trinajstić information content (AvgIpc) is 3.24. The van der Waals surface area contributed by atoms with Gasteiger partial charge in [0.2, 0.25) is 0 Å². The third-order valence-corrected chi connectivity index (χ3v) is 5.70. The molecule has 0 fully saturated rings. The quantitative estimate of drug-likeness (QED) is 0.447. The molecule has 0 radical (unpaired) electrons. The van der Waals surface area contributed by atoms with Crippen LogP contribution in [0.2, 0.25) is 0 Å². The zero-order valence-corrected chi connectivity index (χ0v) is 15.9. The number of benzene rings is 3. The van der Waals surface area contributed by atoms with Crippen molar-refractivity contribution < 1.29 is 0 Å². The number of hydrogen-bond donors (Lipinski definition) is 0. The maximum Gasteiger partial charge on any atom is 0.0759 e. The Bertz CT molecular complexity index is 1030. The predicted molar refractivity (Wildman–Crippen MR) is 115 cm³/mol. The SMILES string of the molecule is c1ccc(CN2CCn3cccc3[C@H]2c2ccc(-c3ccccc3)cc2)cc1. The molecule has 1 aliphatic heterocycles. The molecule has 0 amide bonds. The Morgan fingerprint density at radius 3 is 2.07 bits per heavy atom. The third kappa shape index (κ3) is 3.28. The molecule has 0 aliphatic carbocycles. The van der Waals surface area contributed by atoms with Crippen LogP contribution in [0.5, 0.6) is 0 Å². The summed E-state index contributed by atoms with van der Waals surface area (Å²) in [7, 11) is 0. The van der Waals surface area contributed by atoms with Crippen LogP contribution in [0.3, 0.4) is 0 Å². The molecule has 2 heterocycles. The molecule has 5 rings (SSSR count). The van der Waals surface area contributed by atoms with Crippen LogP contribution >= 0.6 is 0 Å². The summed E-state index contributed by atoms with van der Waals surface area (Å²) < 4.78 is 2.40. The largest absolute Gasteiger partial charge is 0.348 e. The Balaban J connectivity index is 1.49. The molecule has 28 heavy (non-hydrogen) atoms. The monoisotopic (exact) mass is 364 g/mol. The lowest BCUT2D eigenvalue weighted by atomic mass is 9.96. The van der Waals surface area contributed by atoms with Crippen molar-refractivity contribution in [1.82, 2.24) is 9.47 Å². The van der Waals surface area contributed by atoms with Crippen molar-refractivity contribution in [1.29, 1.82) is 0 Å². The summed E-state index contributed by atoms with van der Waals surface area (Å²) in [6.45, 7) is 3.08. The van der Waals surface area contributed by atoms with Crippen molar-refractivity contribution >= 4 is 0 Å². The second kappa shape index (κ2) is 7.49. The molecule has 0 saturated carbocycles. The lowest BCUT2D eigenvalue weighted by Gasteiger charge is -2.37. The average molecular weight is 364 g/mol. The molecule has 0 N–H and O–H groups in total. The first-order valence-electron chi connectivity index (χ1n) is 9.97. The molecule has 0 bridgehead atoms. The lowest BCUT2D eigenvalue weighted by Crippen LogP contribution is -2.37. The Morgan fingerprint density at radius 1 is 0.643 bits per heavy atom. The third-order valence-electron chi connectivity index (χ3n) is 5.70. The second-order valence-electron chi connectivity index (χ2n) is 7.47. The predicted octanol–water partition coefficient (Wildman–Crippen LogP) is 5.76. The fraction of sp³-hybridized carbons (Fsp3) is 0.154. The normalized spacial score (nSPS) is 16.6. The highest BCUT2D eigenvalue weighted by Crippen LogP contribution is 2.34. The zero-order chi connectivity index (χ0) is 18.8. The van der Waals surface area contributed by atoms with Crippen molar-refractivity contribution in [2.75, 3.05) is 6.54 Å². The number of nitrogens with zero attached hydrogens (tertiary/aromatic N) is 2. The van der Waals surface area contributed by atoms with Gasteiger partial charge in [-0.15, -0.1) is 0 Å². The summed E-state index contributed by atoms with van der Waals surface area (Å²) in [5.74, 6) is 0. The van der Waals surface area contributed by atoms with Crippen molar-refractivity contribution in [2.45, 2.75) is 19.1 Å². The first-order chi connectivity index (χ1) is 13.9. The van der Waals surface area contributed by atoms with E-state index >= 15 is 0 Å². The van der Waals surface area contributed by atoms with Crippen LogP contribution in [0.4, 0.5) is 0 Å². The summed E-state index contributed by atoms with van der Waals surface area (Å²) in [4.78, 5) is 2.60. The molecule has 3 aromatic carbocycles. The van der Waals surface area contributed by atoms with E-state index in [1.165, 1.54) is 27.9 Å². The highest BCUT2D eigenvalue weighted by atomic mass is 15.2. The van der Waals surface area contributed by atoms with Crippen LogP contribution in [-0.2, 0) is 13.1 Å². The Morgan fingerprint density at radius 2 is 1.32 bits per heavy atom. The molecular formula is C26H24N2. The highest BCUT2D eigenvalue weighted by molar-refractivity contribution is 5.63. The van der Waals surface area contributed by atoms with Gasteiger partial charge in [-0.3, -0.25) is 4.90 Å². The molecule has 1 atom stereocenters. The number of fused-ring (bicyclic) bond motifs is 1. The molecule has 1 aliphatic rings. The van der Waals surface area contributed by atoms with Crippen LogP contribution in [0.15, 0.2) is 103 Å². The van der Waals surface area contributed by atoms with Crippen molar-refractivity contribution in [3.05, 3.63) is 120 Å². The lowest BCUT2D eigenvalue weighted by molar-refractivity contribution is 0.174. The van der Waals surface area contributed by atoms with Gasteiger partial charge in [0.15, 0.2) is 0 Å². The Kier molecular flexibility index (Phi) is 4.56. The van der Waals surface area contributed by atoms with E-state index in [1.54, 1.807) is 0 Å². The van der Waals surface area contributed by atoms with E-state index in [4.69, 9.17) is 0 Å². The van der Waals surface area contributed by atoms with Crippen LogP contribution < -0.4 is 0 Å². The number of aromatic nitrogens is 1. The van der Waals surface area contributed by atoms with Crippen LogP contribution in [0.25, 0.3) is 11.1 Å². The van der Waals surface area contributed by atoms with Gasteiger partial charge in [0.1, 0.15) is 0 Å². The van der Waals surface area contributed by atoms with Crippen molar-refractivity contribution in [2.24, 2.45) is 0 Å². The summed E-state index contributed by atoms with van der Waals surface area (Å²) in [5.41, 5.74) is 6.64. The standard InChI is InChI=1S/C26H24N2/c1-3-8-21(9-4-1)20-28-19-18-27-17-7-12-25(27)26(28)24-15-13-23(14-16-24)22-10-5-2-6-11-22/h1-17,26H,18-20H2/t26-/m1/s1. The Labute approximate surface area is 166 Å².